The average Bonchev–Trinajstić information content (AvgIpc) is 3.26. The van der Waals surface area contributed by atoms with Crippen molar-refractivity contribution in [3.8, 4) is 0 Å². The molecular formula is C24H25N3O4S2. The normalized spacial score (nSPS) is 14.3. The number of fused-ring (bicyclic) bond motifs is 1. The van der Waals surface area contributed by atoms with E-state index < -0.39 is 22.1 Å². The number of urea groups is 1. The molecule has 7 nitrogen and oxygen atoms in total. The maximum Gasteiger partial charge on any atom is 0.329 e. The highest BCUT2D eigenvalue weighted by atomic mass is 32.2. The summed E-state index contributed by atoms with van der Waals surface area (Å²) < 4.78 is 27.5. The van der Waals surface area contributed by atoms with Gasteiger partial charge in [-0.1, -0.05) is 48.5 Å². The van der Waals surface area contributed by atoms with Crippen LogP contribution in [0.25, 0.3) is 0 Å². The van der Waals surface area contributed by atoms with Crippen molar-refractivity contribution >= 4 is 33.3 Å². The Morgan fingerprint density at radius 1 is 1.06 bits per heavy atom. The van der Waals surface area contributed by atoms with Crippen LogP contribution in [0.1, 0.15) is 21.6 Å². The lowest BCUT2D eigenvalue weighted by atomic mass is 10.0. The van der Waals surface area contributed by atoms with E-state index in [0.717, 1.165) is 17.5 Å². The average molecular weight is 484 g/mol. The molecule has 0 bridgehead atoms. The fourth-order valence-electron chi connectivity index (χ4n) is 3.93. The molecule has 1 atom stereocenters. The Labute approximate surface area is 197 Å². The first-order valence-electron chi connectivity index (χ1n) is 10.6. The van der Waals surface area contributed by atoms with Crippen LogP contribution in [0.3, 0.4) is 0 Å². The Balaban J connectivity index is 1.51. The Kier molecular flexibility index (Phi) is 6.80. The Bertz CT molecular complexity index is 1260. The lowest BCUT2D eigenvalue weighted by Crippen LogP contribution is -2.53. The van der Waals surface area contributed by atoms with Gasteiger partial charge < -0.3 is 10.2 Å². The third-order valence-corrected chi connectivity index (χ3v) is 8.13. The van der Waals surface area contributed by atoms with Gasteiger partial charge in [-0.05, 0) is 47.5 Å². The van der Waals surface area contributed by atoms with Gasteiger partial charge in [0.2, 0.25) is 5.91 Å². The van der Waals surface area contributed by atoms with E-state index >= 15 is 0 Å². The third kappa shape index (κ3) is 5.43. The minimum atomic E-state index is -4.08. The van der Waals surface area contributed by atoms with Crippen LogP contribution < -0.4 is 10.0 Å². The molecule has 0 saturated heterocycles. The van der Waals surface area contributed by atoms with Gasteiger partial charge in [0.05, 0.1) is 4.90 Å². The van der Waals surface area contributed by atoms with Crippen molar-refractivity contribution in [2.75, 3.05) is 6.54 Å². The van der Waals surface area contributed by atoms with Crippen molar-refractivity contribution in [1.29, 1.82) is 0 Å². The van der Waals surface area contributed by atoms with E-state index in [1.807, 2.05) is 41.8 Å². The summed E-state index contributed by atoms with van der Waals surface area (Å²) >= 11 is 1.68. The molecule has 0 fully saturated rings. The molecule has 0 unspecified atom stereocenters. The van der Waals surface area contributed by atoms with Gasteiger partial charge in [0.1, 0.15) is 6.04 Å². The number of nitrogens with zero attached hydrogens (tertiary/aromatic N) is 1. The molecule has 0 spiro atoms. The first-order valence-corrected chi connectivity index (χ1v) is 13.0. The molecule has 0 saturated carbocycles. The topological polar surface area (TPSA) is 95.6 Å². The number of sulfonamides is 1. The Hall–Kier alpha value is -3.17. The van der Waals surface area contributed by atoms with Gasteiger partial charge in [0, 0.05) is 24.4 Å². The minimum Gasteiger partial charge on any atom is -0.336 e. The summed E-state index contributed by atoms with van der Waals surface area (Å²) in [6, 6.07) is 15.9. The first-order chi connectivity index (χ1) is 15.8. The monoisotopic (exact) mass is 483 g/mol. The summed E-state index contributed by atoms with van der Waals surface area (Å²) in [4.78, 5) is 29.1. The van der Waals surface area contributed by atoms with Gasteiger partial charge in [0.15, 0.2) is 0 Å². The van der Waals surface area contributed by atoms with Crippen LogP contribution in [0.15, 0.2) is 70.9 Å². The van der Waals surface area contributed by atoms with Gasteiger partial charge in [-0.15, -0.1) is 11.3 Å². The number of carbonyl (C=O) groups is 2. The quantitative estimate of drug-likeness (QED) is 0.563. The van der Waals surface area contributed by atoms with Crippen molar-refractivity contribution in [2.24, 2.45) is 0 Å². The number of nitrogens with one attached hydrogen (secondary N) is 2. The van der Waals surface area contributed by atoms with E-state index in [0.29, 0.717) is 18.7 Å². The summed E-state index contributed by atoms with van der Waals surface area (Å²) in [6.45, 7) is 2.69. The number of aryl methyl sites for hydroxylation is 1. The van der Waals surface area contributed by atoms with E-state index in [1.54, 1.807) is 41.4 Å². The van der Waals surface area contributed by atoms with E-state index in [-0.39, 0.29) is 17.2 Å². The molecule has 9 heteroatoms. The number of thiophene rings is 1. The lowest BCUT2D eigenvalue weighted by molar-refractivity contribution is -0.134. The summed E-state index contributed by atoms with van der Waals surface area (Å²) in [5.74, 6) is -0.237. The predicted molar refractivity (Wildman–Crippen MR) is 127 cm³/mol. The number of benzene rings is 2. The highest BCUT2D eigenvalue weighted by Gasteiger charge is 2.30. The van der Waals surface area contributed by atoms with Crippen LogP contribution in [0.5, 0.6) is 0 Å². The molecular weight excluding hydrogens is 458 g/mol. The molecule has 3 amide bonds. The number of rotatable bonds is 6. The van der Waals surface area contributed by atoms with E-state index in [9.17, 15) is 18.0 Å². The minimum absolute atomic E-state index is 0.0205. The number of hydrogen-bond donors (Lipinski definition) is 2. The fourth-order valence-corrected chi connectivity index (χ4v) is 5.98. The molecule has 0 radical (unpaired) electrons. The van der Waals surface area contributed by atoms with Gasteiger partial charge in [-0.25, -0.2) is 17.9 Å². The molecule has 172 valence electrons. The van der Waals surface area contributed by atoms with Crippen LogP contribution in [0, 0.1) is 6.92 Å². The molecule has 0 aliphatic carbocycles. The number of hydrogen-bond acceptors (Lipinski definition) is 5. The zero-order chi connectivity index (χ0) is 23.4. The Morgan fingerprint density at radius 2 is 1.79 bits per heavy atom. The van der Waals surface area contributed by atoms with Crippen molar-refractivity contribution in [1.82, 2.24) is 14.9 Å². The number of carbonyl (C=O) groups excluding carboxylic acids is 2. The standard InChI is InChI=1S/C24H25N3O4S2/c1-17-7-5-6-10-22(17)33(30,31)26-24(29)25-20(15-18-8-3-2-4-9-18)23(28)27-13-11-21-19(16-27)12-14-32-21/h2-10,12,14,20H,11,13,15-16H2,1H3,(H2,25,26,29)/t20-/m0/s1. The van der Waals surface area contributed by atoms with Crippen LogP contribution in [0.2, 0.25) is 0 Å². The maximum atomic E-state index is 13.4. The molecule has 4 rings (SSSR count). The second-order valence-corrected chi connectivity index (χ2v) is 10.6. The lowest BCUT2D eigenvalue weighted by Gasteiger charge is -2.31. The maximum absolute atomic E-state index is 13.4. The molecule has 2 aromatic carbocycles. The van der Waals surface area contributed by atoms with E-state index in [2.05, 4.69) is 10.0 Å². The van der Waals surface area contributed by atoms with E-state index in [4.69, 9.17) is 0 Å². The summed E-state index contributed by atoms with van der Waals surface area (Å²) in [5, 5.41) is 4.62. The largest absolute Gasteiger partial charge is 0.336 e. The third-order valence-electron chi connectivity index (χ3n) is 5.62. The van der Waals surface area contributed by atoms with Crippen molar-refractivity contribution in [3.05, 3.63) is 87.6 Å². The smallest absolute Gasteiger partial charge is 0.329 e. The fraction of sp³-hybridized carbons (Fsp3) is 0.250. The molecule has 2 heterocycles. The van der Waals surface area contributed by atoms with Crippen molar-refractivity contribution < 1.29 is 18.0 Å². The summed E-state index contributed by atoms with van der Waals surface area (Å²) in [5.41, 5.74) is 2.50. The van der Waals surface area contributed by atoms with Gasteiger partial charge in [-0.3, -0.25) is 4.79 Å². The van der Waals surface area contributed by atoms with Crippen LogP contribution >= 0.6 is 11.3 Å². The van der Waals surface area contributed by atoms with Crippen molar-refractivity contribution in [2.45, 2.75) is 37.2 Å². The molecule has 1 aromatic heterocycles. The van der Waals surface area contributed by atoms with E-state index in [1.165, 1.54) is 10.9 Å². The summed E-state index contributed by atoms with van der Waals surface area (Å²) in [7, 11) is -4.08. The molecule has 2 N–H and O–H groups in total. The zero-order valence-corrected chi connectivity index (χ0v) is 19.8. The SMILES string of the molecule is Cc1ccccc1S(=O)(=O)NC(=O)N[C@@H](Cc1ccccc1)C(=O)N1CCc2sccc2C1. The zero-order valence-electron chi connectivity index (χ0n) is 18.2. The van der Waals surface area contributed by atoms with Crippen LogP contribution in [0.4, 0.5) is 4.79 Å². The highest BCUT2D eigenvalue weighted by Crippen LogP contribution is 2.24. The number of amides is 3. The molecule has 1 aliphatic rings. The Morgan fingerprint density at radius 3 is 2.55 bits per heavy atom. The molecule has 3 aromatic rings. The second kappa shape index (κ2) is 9.76. The molecule has 1 aliphatic heterocycles. The summed E-state index contributed by atoms with van der Waals surface area (Å²) in [6.07, 6.45) is 1.02. The van der Waals surface area contributed by atoms with Gasteiger partial charge in [-0.2, -0.15) is 0 Å². The van der Waals surface area contributed by atoms with Gasteiger partial charge >= 0.3 is 6.03 Å². The molecule has 33 heavy (non-hydrogen) atoms. The highest BCUT2D eigenvalue weighted by molar-refractivity contribution is 7.90. The predicted octanol–water partition coefficient (Wildman–Crippen LogP) is 3.24. The van der Waals surface area contributed by atoms with Crippen LogP contribution in [-0.2, 0) is 34.2 Å². The first kappa shape index (κ1) is 23.0. The van der Waals surface area contributed by atoms with Crippen molar-refractivity contribution in [3.63, 3.8) is 0 Å². The van der Waals surface area contributed by atoms with Gasteiger partial charge in [0.25, 0.3) is 10.0 Å². The van der Waals surface area contributed by atoms with Crippen LogP contribution in [-0.4, -0.2) is 37.8 Å². The second-order valence-electron chi connectivity index (χ2n) is 7.97.